The van der Waals surface area contributed by atoms with Crippen LogP contribution in [0.2, 0.25) is 0 Å². The number of hydrogen-bond donors (Lipinski definition) is 1. The lowest BCUT2D eigenvalue weighted by Crippen LogP contribution is -2.40. The molecule has 0 radical (unpaired) electrons. The Balaban J connectivity index is 0.000000188. The number of fused-ring (bicyclic) bond motifs is 1. The second-order valence-electron chi connectivity index (χ2n) is 10.3. The van der Waals surface area contributed by atoms with E-state index in [0.29, 0.717) is 37.1 Å². The van der Waals surface area contributed by atoms with Gasteiger partial charge < -0.3 is 19.3 Å². The zero-order chi connectivity index (χ0) is 30.5. The van der Waals surface area contributed by atoms with E-state index in [0.717, 1.165) is 47.5 Å². The highest BCUT2D eigenvalue weighted by molar-refractivity contribution is 6.04. The van der Waals surface area contributed by atoms with Crippen molar-refractivity contribution in [2.45, 2.75) is 45.2 Å². The predicted octanol–water partition coefficient (Wildman–Crippen LogP) is 5.99. The van der Waals surface area contributed by atoms with E-state index in [1.165, 1.54) is 41.3 Å². The summed E-state index contributed by atoms with van der Waals surface area (Å²) < 4.78 is 33.7. The highest BCUT2D eigenvalue weighted by Crippen LogP contribution is 2.42. The minimum absolute atomic E-state index is 0.280. The molecule has 43 heavy (non-hydrogen) atoms. The number of aromatic nitrogens is 2. The summed E-state index contributed by atoms with van der Waals surface area (Å²) in [6, 6.07) is 14.6. The zero-order valence-corrected chi connectivity index (χ0v) is 23.6. The number of halogens is 2. The van der Waals surface area contributed by atoms with Crippen LogP contribution in [0.4, 0.5) is 8.78 Å². The maximum Gasteiger partial charge on any atom is 0.340 e. The normalized spacial score (nSPS) is 15.4. The number of hydrogen-bond acceptors (Lipinski definition) is 5. The molecule has 2 aromatic carbocycles. The molecule has 0 aliphatic carbocycles. The van der Waals surface area contributed by atoms with Gasteiger partial charge in [-0.2, -0.15) is 0 Å². The highest BCUT2D eigenvalue weighted by Gasteiger charge is 2.34. The van der Waals surface area contributed by atoms with Gasteiger partial charge in [0.2, 0.25) is 0 Å². The van der Waals surface area contributed by atoms with Crippen LogP contribution in [0.25, 0.3) is 22.4 Å². The van der Waals surface area contributed by atoms with Crippen LogP contribution in [-0.4, -0.2) is 56.6 Å². The van der Waals surface area contributed by atoms with Crippen molar-refractivity contribution in [3.63, 3.8) is 0 Å². The maximum atomic E-state index is 13.4. The number of esters is 1. The van der Waals surface area contributed by atoms with Crippen LogP contribution in [0.15, 0.2) is 73.1 Å². The monoisotopic (exact) mass is 587 g/mol. The van der Waals surface area contributed by atoms with Gasteiger partial charge in [-0.25, -0.2) is 18.4 Å². The second-order valence-corrected chi connectivity index (χ2v) is 10.3. The number of nitrogens with zero attached hydrogens (tertiary/aromatic N) is 3. The predicted molar refractivity (Wildman–Crippen MR) is 155 cm³/mol. The Morgan fingerprint density at radius 3 is 2.19 bits per heavy atom. The Hall–Kier alpha value is -4.86. The van der Waals surface area contributed by atoms with Crippen molar-refractivity contribution in [2.24, 2.45) is 0 Å². The topological polar surface area (TPSA) is 102 Å². The van der Waals surface area contributed by atoms with Crippen LogP contribution < -0.4 is 0 Å². The molecule has 1 atom stereocenters. The van der Waals surface area contributed by atoms with Gasteiger partial charge in [0.15, 0.2) is 0 Å². The zero-order valence-electron chi connectivity index (χ0n) is 23.6. The molecule has 8 nitrogen and oxygen atoms in total. The maximum absolute atomic E-state index is 13.4. The lowest BCUT2D eigenvalue weighted by atomic mass is 9.96. The minimum atomic E-state index is -0.988. The third-order valence-electron chi connectivity index (χ3n) is 7.62. The van der Waals surface area contributed by atoms with E-state index in [9.17, 15) is 23.2 Å². The third-order valence-corrected chi connectivity index (χ3v) is 7.62. The first kappa shape index (κ1) is 29.6. The number of amides is 1. The molecule has 1 N–H and O–H groups in total. The number of carbonyl (C=O) groups excluding carboxylic acids is 2. The lowest BCUT2D eigenvalue weighted by Gasteiger charge is -2.21. The van der Waals surface area contributed by atoms with Crippen molar-refractivity contribution in [1.29, 1.82) is 0 Å². The summed E-state index contributed by atoms with van der Waals surface area (Å²) >= 11 is 0. The van der Waals surface area contributed by atoms with Gasteiger partial charge in [0.25, 0.3) is 5.91 Å². The van der Waals surface area contributed by atoms with Gasteiger partial charge in [-0.15, -0.1) is 0 Å². The first-order chi connectivity index (χ1) is 20.8. The first-order valence-corrected chi connectivity index (χ1v) is 14.2. The van der Waals surface area contributed by atoms with Gasteiger partial charge in [-0.1, -0.05) is 0 Å². The van der Waals surface area contributed by atoms with E-state index in [2.05, 4.69) is 9.55 Å². The number of benzene rings is 2. The quantitative estimate of drug-likeness (QED) is 0.278. The Morgan fingerprint density at radius 1 is 0.907 bits per heavy atom. The molecule has 1 amide bonds. The smallest absolute Gasteiger partial charge is 0.340 e. The number of carboxylic acid groups (broad SMARTS) is 1. The fraction of sp³-hybridized carbons (Fsp3) is 0.273. The molecule has 2 aromatic heterocycles. The Bertz CT molecular complexity index is 1620. The van der Waals surface area contributed by atoms with Gasteiger partial charge in [0.1, 0.15) is 17.7 Å². The molecule has 1 saturated heterocycles. The standard InChI is InChI=1S/C21H19FN2O2.C12H12FNO3/c1-2-26-21(25)19-17-4-3-13-24(17)20(15-5-7-16(22)8-6-15)18(19)14-9-11-23-12-10-14;13-9-5-3-8(4-6-9)11(15)14-7-1-2-10(14)12(16)17/h5-12H,2-4,13H2,1H3;3-6,10H,1-2,7H2,(H,16,17)/t;10-/m.0/s1. The van der Waals surface area contributed by atoms with Crippen LogP contribution in [0, 0.1) is 11.6 Å². The van der Waals surface area contributed by atoms with Crippen molar-refractivity contribution in [1.82, 2.24) is 14.5 Å². The Kier molecular flexibility index (Phi) is 8.94. The molecule has 0 unspecified atom stereocenters. The number of likely N-dealkylation sites (tertiary alicyclic amines) is 1. The molecule has 2 aliphatic rings. The lowest BCUT2D eigenvalue weighted by molar-refractivity contribution is -0.141. The fourth-order valence-electron chi connectivity index (χ4n) is 5.73. The molecule has 0 bridgehead atoms. The van der Waals surface area contributed by atoms with Crippen LogP contribution in [0.1, 0.15) is 52.6 Å². The van der Waals surface area contributed by atoms with Gasteiger partial charge in [-0.3, -0.25) is 9.78 Å². The summed E-state index contributed by atoms with van der Waals surface area (Å²) in [5.41, 5.74) is 5.50. The molecule has 0 saturated carbocycles. The highest BCUT2D eigenvalue weighted by atomic mass is 19.1. The summed E-state index contributed by atoms with van der Waals surface area (Å²) in [6.45, 7) is 3.40. The largest absolute Gasteiger partial charge is 0.480 e. The summed E-state index contributed by atoms with van der Waals surface area (Å²) in [7, 11) is 0. The first-order valence-electron chi connectivity index (χ1n) is 14.2. The summed E-state index contributed by atoms with van der Waals surface area (Å²) in [5, 5.41) is 8.97. The average molecular weight is 588 g/mol. The SMILES string of the molecule is CCOC(=O)c1c(-c2ccncc2)c(-c2ccc(F)cc2)n2c1CCC2.O=C(O)[C@@H]1CCCN1C(=O)c1ccc(F)cc1. The van der Waals surface area contributed by atoms with Crippen LogP contribution in [0.5, 0.6) is 0 Å². The number of carboxylic acids is 1. The van der Waals surface area contributed by atoms with Crippen LogP contribution in [0.3, 0.4) is 0 Å². The minimum Gasteiger partial charge on any atom is -0.480 e. The van der Waals surface area contributed by atoms with E-state index in [-0.39, 0.29) is 17.7 Å². The van der Waals surface area contributed by atoms with Gasteiger partial charge in [0.05, 0.1) is 17.9 Å². The molecule has 4 heterocycles. The van der Waals surface area contributed by atoms with Crippen LogP contribution in [-0.2, 0) is 22.5 Å². The van der Waals surface area contributed by atoms with E-state index < -0.39 is 17.8 Å². The Morgan fingerprint density at radius 2 is 1.56 bits per heavy atom. The van der Waals surface area contributed by atoms with E-state index in [1.807, 2.05) is 12.1 Å². The Labute approximate surface area is 247 Å². The molecule has 0 spiro atoms. The molecular weight excluding hydrogens is 556 g/mol. The van der Waals surface area contributed by atoms with Crippen molar-refractivity contribution >= 4 is 17.8 Å². The number of aliphatic carboxylic acids is 1. The van der Waals surface area contributed by atoms with Crippen molar-refractivity contribution in [3.05, 3.63) is 102 Å². The van der Waals surface area contributed by atoms with Gasteiger partial charge in [-0.05, 0) is 104 Å². The number of rotatable bonds is 6. The second kappa shape index (κ2) is 13.0. The molecule has 222 valence electrons. The van der Waals surface area contributed by atoms with Crippen molar-refractivity contribution < 1.29 is 33.0 Å². The van der Waals surface area contributed by atoms with E-state index in [4.69, 9.17) is 9.84 Å². The molecule has 2 aliphatic heterocycles. The molecule has 10 heteroatoms. The number of carbonyl (C=O) groups is 3. The number of ether oxygens (including phenoxy) is 1. The van der Waals surface area contributed by atoms with E-state index >= 15 is 0 Å². The summed E-state index contributed by atoms with van der Waals surface area (Å²) in [5.74, 6) is -2.35. The van der Waals surface area contributed by atoms with Gasteiger partial charge >= 0.3 is 11.9 Å². The summed E-state index contributed by atoms with van der Waals surface area (Å²) in [6.07, 6.45) is 6.38. The van der Waals surface area contributed by atoms with Crippen LogP contribution >= 0.6 is 0 Å². The van der Waals surface area contributed by atoms with Crippen molar-refractivity contribution in [3.8, 4) is 22.4 Å². The summed E-state index contributed by atoms with van der Waals surface area (Å²) in [4.78, 5) is 41.2. The molecule has 1 fully saturated rings. The fourth-order valence-corrected chi connectivity index (χ4v) is 5.73. The average Bonchev–Trinajstić information content (AvgIpc) is 3.75. The number of pyridine rings is 1. The molecule has 4 aromatic rings. The molecular formula is C33H31F2N3O5. The molecule has 6 rings (SSSR count). The van der Waals surface area contributed by atoms with E-state index in [1.54, 1.807) is 31.5 Å². The van der Waals surface area contributed by atoms with Crippen molar-refractivity contribution in [2.75, 3.05) is 13.2 Å². The third kappa shape index (κ3) is 6.18. The van der Waals surface area contributed by atoms with Gasteiger partial charge in [0, 0.05) is 42.3 Å².